The van der Waals surface area contributed by atoms with Gasteiger partial charge in [-0.05, 0) is 42.7 Å². The fraction of sp³-hybridized carbons (Fsp3) is 0.524. The second kappa shape index (κ2) is 11.0. The Bertz CT molecular complexity index is 988. The van der Waals surface area contributed by atoms with Crippen molar-refractivity contribution < 1.29 is 47.9 Å². The Morgan fingerprint density at radius 3 is 2.59 bits per heavy atom. The highest BCUT2D eigenvalue weighted by atomic mass is 32.2. The van der Waals surface area contributed by atoms with Crippen molar-refractivity contribution in [3.63, 3.8) is 0 Å². The number of ether oxygens (including phenoxy) is 2. The van der Waals surface area contributed by atoms with Gasteiger partial charge in [0.2, 0.25) is 12.2 Å². The SMILES string of the molecule is CCCSc1cccc(CCc2c(OC3O[C@H](C(=O)O)[C@@H](O)[C@H](O)[C@H]3O)n[nH]c2C(F)(F)F)c1. The minimum Gasteiger partial charge on any atom is -0.479 e. The number of benzene rings is 1. The molecule has 5 atom stereocenters. The number of aromatic amines is 1. The summed E-state index contributed by atoms with van der Waals surface area (Å²) >= 11 is 1.64. The van der Waals surface area contributed by atoms with Crippen molar-refractivity contribution >= 4 is 17.7 Å². The molecule has 0 aliphatic carbocycles. The minimum atomic E-state index is -4.78. The molecule has 0 bridgehead atoms. The van der Waals surface area contributed by atoms with E-state index < -0.39 is 54.4 Å². The first-order valence-corrected chi connectivity index (χ1v) is 11.5. The summed E-state index contributed by atoms with van der Waals surface area (Å²) in [6.45, 7) is 2.04. The summed E-state index contributed by atoms with van der Waals surface area (Å²) in [5.74, 6) is -1.30. The molecule has 2 heterocycles. The number of carboxylic acid groups (broad SMARTS) is 1. The molecule has 0 radical (unpaired) electrons. The van der Waals surface area contributed by atoms with E-state index in [0.717, 1.165) is 22.6 Å². The first-order valence-electron chi connectivity index (χ1n) is 10.5. The van der Waals surface area contributed by atoms with Crippen molar-refractivity contribution in [2.45, 2.75) is 68.0 Å². The average Bonchev–Trinajstić information content (AvgIpc) is 3.19. The number of thioether (sulfide) groups is 1. The van der Waals surface area contributed by atoms with Gasteiger partial charge in [-0.3, -0.25) is 5.10 Å². The van der Waals surface area contributed by atoms with Crippen LogP contribution in [0.3, 0.4) is 0 Å². The van der Waals surface area contributed by atoms with Crippen LogP contribution < -0.4 is 4.74 Å². The first-order chi connectivity index (χ1) is 16.0. The Morgan fingerprint density at radius 2 is 1.94 bits per heavy atom. The van der Waals surface area contributed by atoms with Crippen LogP contribution in [0.4, 0.5) is 13.2 Å². The Hall–Kier alpha value is -2.32. The predicted molar refractivity (Wildman–Crippen MR) is 113 cm³/mol. The second-order valence-corrected chi connectivity index (χ2v) is 8.90. The maximum absolute atomic E-state index is 13.6. The molecule has 0 amide bonds. The van der Waals surface area contributed by atoms with Gasteiger partial charge in [-0.15, -0.1) is 16.9 Å². The third kappa shape index (κ3) is 6.02. The molecule has 1 aliphatic heterocycles. The molecule has 34 heavy (non-hydrogen) atoms. The number of rotatable bonds is 9. The lowest BCUT2D eigenvalue weighted by molar-refractivity contribution is -0.271. The van der Waals surface area contributed by atoms with Gasteiger partial charge < -0.3 is 29.9 Å². The van der Waals surface area contributed by atoms with Gasteiger partial charge in [0.1, 0.15) is 24.0 Å². The minimum absolute atomic E-state index is 0.140. The van der Waals surface area contributed by atoms with Crippen LogP contribution in [-0.2, 0) is 28.5 Å². The van der Waals surface area contributed by atoms with Crippen LogP contribution in [0, 0.1) is 0 Å². The monoisotopic (exact) mass is 506 g/mol. The van der Waals surface area contributed by atoms with Crippen molar-refractivity contribution in [2.24, 2.45) is 0 Å². The highest BCUT2D eigenvalue weighted by Crippen LogP contribution is 2.36. The van der Waals surface area contributed by atoms with Crippen LogP contribution in [-0.4, -0.2) is 73.1 Å². The van der Waals surface area contributed by atoms with E-state index in [9.17, 15) is 33.3 Å². The number of hydrogen-bond donors (Lipinski definition) is 5. The van der Waals surface area contributed by atoms with Crippen molar-refractivity contribution in [1.82, 2.24) is 10.2 Å². The van der Waals surface area contributed by atoms with E-state index in [4.69, 9.17) is 14.6 Å². The van der Waals surface area contributed by atoms with Gasteiger partial charge in [-0.25, -0.2) is 4.79 Å². The van der Waals surface area contributed by atoms with Crippen LogP contribution >= 0.6 is 11.8 Å². The average molecular weight is 506 g/mol. The molecule has 1 fully saturated rings. The number of aromatic nitrogens is 2. The number of aliphatic hydroxyl groups excluding tert-OH is 3. The highest BCUT2D eigenvalue weighted by molar-refractivity contribution is 7.99. The maximum Gasteiger partial charge on any atom is 0.433 e. The number of aliphatic carboxylic acids is 1. The molecular weight excluding hydrogens is 481 g/mol. The van der Waals surface area contributed by atoms with Crippen molar-refractivity contribution in [3.05, 3.63) is 41.1 Å². The fourth-order valence-corrected chi connectivity index (χ4v) is 4.30. The molecule has 1 unspecified atom stereocenters. The third-order valence-electron chi connectivity index (χ3n) is 5.19. The van der Waals surface area contributed by atoms with Gasteiger partial charge in [0.25, 0.3) is 0 Å². The zero-order valence-electron chi connectivity index (χ0n) is 18.0. The molecule has 0 spiro atoms. The van der Waals surface area contributed by atoms with Gasteiger partial charge in [-0.1, -0.05) is 19.1 Å². The summed E-state index contributed by atoms with van der Waals surface area (Å²) in [5.41, 5.74) is -0.707. The number of hydrogen-bond acceptors (Lipinski definition) is 8. The Labute approximate surface area is 196 Å². The number of aryl methyl sites for hydroxylation is 1. The first kappa shape index (κ1) is 26.3. The van der Waals surface area contributed by atoms with Crippen LogP contribution in [0.15, 0.2) is 29.2 Å². The summed E-state index contributed by atoms with van der Waals surface area (Å²) in [6, 6.07) is 7.40. The molecule has 188 valence electrons. The number of nitrogens with one attached hydrogen (secondary N) is 1. The largest absolute Gasteiger partial charge is 0.479 e. The van der Waals surface area contributed by atoms with Gasteiger partial charge in [0, 0.05) is 10.5 Å². The van der Waals surface area contributed by atoms with Crippen LogP contribution in [0.2, 0.25) is 0 Å². The van der Waals surface area contributed by atoms with E-state index in [1.54, 1.807) is 17.8 Å². The summed E-state index contributed by atoms with van der Waals surface area (Å²) in [4.78, 5) is 12.3. The zero-order valence-corrected chi connectivity index (χ0v) is 18.8. The van der Waals surface area contributed by atoms with Crippen molar-refractivity contribution in [2.75, 3.05) is 5.75 Å². The smallest absolute Gasteiger partial charge is 0.433 e. The molecule has 1 saturated heterocycles. The summed E-state index contributed by atoms with van der Waals surface area (Å²) in [6.07, 6.45) is -13.4. The Kier molecular flexibility index (Phi) is 8.47. The fourth-order valence-electron chi connectivity index (χ4n) is 3.45. The predicted octanol–water partition coefficient (Wildman–Crippen LogP) is 1.99. The number of carboxylic acids is 1. The Morgan fingerprint density at radius 1 is 1.21 bits per heavy atom. The summed E-state index contributed by atoms with van der Waals surface area (Å²) < 4.78 is 51.0. The molecule has 5 N–H and O–H groups in total. The molecule has 2 aromatic rings. The molecule has 9 nitrogen and oxygen atoms in total. The summed E-state index contributed by atoms with van der Waals surface area (Å²) in [7, 11) is 0. The number of carbonyl (C=O) groups is 1. The van der Waals surface area contributed by atoms with Gasteiger partial charge in [-0.2, -0.15) is 13.2 Å². The van der Waals surface area contributed by atoms with Crippen LogP contribution in [0.5, 0.6) is 5.88 Å². The summed E-state index contributed by atoms with van der Waals surface area (Å²) in [5, 5.41) is 44.4. The molecule has 0 saturated carbocycles. The molecule has 1 aromatic heterocycles. The number of H-pyrrole nitrogens is 1. The van der Waals surface area contributed by atoms with E-state index in [2.05, 4.69) is 5.10 Å². The lowest BCUT2D eigenvalue weighted by Crippen LogP contribution is -2.61. The van der Waals surface area contributed by atoms with E-state index in [0.29, 0.717) is 0 Å². The highest BCUT2D eigenvalue weighted by Gasteiger charge is 2.49. The van der Waals surface area contributed by atoms with Crippen molar-refractivity contribution in [3.8, 4) is 5.88 Å². The van der Waals surface area contributed by atoms with E-state index in [1.807, 2.05) is 30.2 Å². The number of halogens is 3. The van der Waals surface area contributed by atoms with Crippen molar-refractivity contribution in [1.29, 1.82) is 0 Å². The van der Waals surface area contributed by atoms with Crippen LogP contribution in [0.25, 0.3) is 0 Å². The molecule has 1 aromatic carbocycles. The standard InChI is InChI=1S/C21H25F3N2O7S/c1-2-8-34-11-5-3-4-10(9-11)6-7-12-17(21(22,23)24)25-26-18(12)33-20-15(29)13(27)14(28)16(32-20)19(30)31/h3-5,9,13-16,20,27-29H,2,6-8H2,1H3,(H,25,26)(H,30,31)/t13-,14-,15+,16-,20?/m0/s1. The van der Waals surface area contributed by atoms with E-state index in [1.165, 1.54) is 0 Å². The van der Waals surface area contributed by atoms with E-state index in [-0.39, 0.29) is 18.4 Å². The van der Waals surface area contributed by atoms with Gasteiger partial charge in [0.05, 0.1) is 0 Å². The number of alkyl halides is 3. The maximum atomic E-state index is 13.6. The topological polar surface area (TPSA) is 145 Å². The van der Waals surface area contributed by atoms with Gasteiger partial charge >= 0.3 is 12.1 Å². The molecule has 3 rings (SSSR count). The molecule has 1 aliphatic rings. The third-order valence-corrected chi connectivity index (χ3v) is 6.39. The zero-order chi connectivity index (χ0) is 25.0. The normalized spacial score (nSPS) is 25.3. The lowest BCUT2D eigenvalue weighted by Gasteiger charge is -2.38. The Balaban J connectivity index is 1.83. The quantitative estimate of drug-likeness (QED) is 0.322. The van der Waals surface area contributed by atoms with Crippen LogP contribution in [0.1, 0.15) is 30.2 Å². The second-order valence-electron chi connectivity index (χ2n) is 7.73. The molecule has 13 heteroatoms. The molecular formula is C21H25F3N2O7S. The van der Waals surface area contributed by atoms with Gasteiger partial charge in [0.15, 0.2) is 6.10 Å². The number of nitrogens with zero attached hydrogens (tertiary/aromatic N) is 1. The number of aliphatic hydroxyl groups is 3. The lowest BCUT2D eigenvalue weighted by atomic mass is 9.99. The van der Waals surface area contributed by atoms with E-state index >= 15 is 0 Å².